The van der Waals surface area contributed by atoms with Crippen molar-refractivity contribution in [2.24, 2.45) is 7.05 Å². The van der Waals surface area contributed by atoms with E-state index in [0.717, 1.165) is 40.7 Å². The lowest BCUT2D eigenvalue weighted by atomic mass is 10.1. The Morgan fingerprint density at radius 3 is 2.56 bits per heavy atom. The van der Waals surface area contributed by atoms with Crippen LogP contribution in [0.3, 0.4) is 0 Å². The van der Waals surface area contributed by atoms with Crippen LogP contribution in [0.2, 0.25) is 0 Å². The molecule has 2 aromatic heterocycles. The lowest BCUT2D eigenvalue weighted by Gasteiger charge is -2.10. The predicted octanol–water partition coefficient (Wildman–Crippen LogP) is 5.12. The first-order chi connectivity index (χ1) is 16.3. The van der Waals surface area contributed by atoms with E-state index >= 15 is 0 Å². The molecule has 2 heterocycles. The number of hydrogen-bond acceptors (Lipinski definition) is 5. The zero-order valence-corrected chi connectivity index (χ0v) is 19.2. The molecule has 176 valence electrons. The Labute approximate surface area is 198 Å². The molecule has 0 saturated heterocycles. The predicted molar refractivity (Wildman–Crippen MR) is 124 cm³/mol. The number of carbonyl (C=O) groups is 1. The van der Waals surface area contributed by atoms with Crippen LogP contribution in [0.25, 0.3) is 22.6 Å². The van der Waals surface area contributed by atoms with Gasteiger partial charge in [-0.1, -0.05) is 48.2 Å². The molecule has 0 radical (unpaired) electrons. The number of rotatable bonds is 7. The number of hydrogen-bond donors (Lipinski definition) is 1. The fourth-order valence-corrected chi connectivity index (χ4v) is 4.24. The number of alkyl halides is 3. The molecule has 0 atom stereocenters. The van der Waals surface area contributed by atoms with Gasteiger partial charge in [-0.2, -0.15) is 18.3 Å². The van der Waals surface area contributed by atoms with Crippen molar-refractivity contribution < 1.29 is 18.0 Å². The normalized spacial score (nSPS) is 11.6. The Morgan fingerprint density at radius 2 is 1.85 bits per heavy atom. The van der Waals surface area contributed by atoms with Gasteiger partial charge in [0, 0.05) is 31.0 Å². The number of nitrogens with zero attached hydrogens (tertiary/aromatic N) is 5. The molecule has 0 aliphatic carbocycles. The molecule has 0 spiro atoms. The largest absolute Gasteiger partial charge is 0.416 e. The molecule has 7 nitrogen and oxygen atoms in total. The van der Waals surface area contributed by atoms with E-state index < -0.39 is 17.6 Å². The highest BCUT2D eigenvalue weighted by Crippen LogP contribution is 2.32. The van der Waals surface area contributed by atoms with Crippen LogP contribution >= 0.6 is 11.8 Å². The summed E-state index contributed by atoms with van der Waals surface area (Å²) in [5, 5.41) is 16.2. The summed E-state index contributed by atoms with van der Waals surface area (Å²) in [5.74, 6) is 0.144. The second-order valence-corrected chi connectivity index (χ2v) is 8.34. The highest BCUT2D eigenvalue weighted by Gasteiger charge is 2.30. The van der Waals surface area contributed by atoms with Gasteiger partial charge in [0.1, 0.15) is 5.69 Å². The molecule has 34 heavy (non-hydrogen) atoms. The number of anilines is 1. The summed E-state index contributed by atoms with van der Waals surface area (Å²) in [4.78, 5) is 12.4. The third-order valence-electron chi connectivity index (χ3n) is 4.96. The van der Waals surface area contributed by atoms with Crippen LogP contribution in [-0.4, -0.2) is 36.2 Å². The Balaban J connectivity index is 1.51. The number of nitrogens with one attached hydrogen (secondary N) is 1. The maximum absolute atomic E-state index is 12.9. The minimum Gasteiger partial charge on any atom is -0.325 e. The molecular weight excluding hydrogens is 465 g/mol. The third kappa shape index (κ3) is 5.14. The number of carbonyl (C=O) groups excluding carboxylic acids is 1. The number of aromatic nitrogens is 5. The summed E-state index contributed by atoms with van der Waals surface area (Å²) in [6.07, 6.45) is -2.61. The van der Waals surface area contributed by atoms with Gasteiger partial charge in [0.15, 0.2) is 11.0 Å². The van der Waals surface area contributed by atoms with E-state index in [1.165, 1.54) is 12.1 Å². The van der Waals surface area contributed by atoms with E-state index in [2.05, 4.69) is 20.6 Å². The van der Waals surface area contributed by atoms with Crippen molar-refractivity contribution in [3.8, 4) is 22.6 Å². The Morgan fingerprint density at radius 1 is 1.09 bits per heavy atom. The molecule has 4 rings (SSSR count). The second kappa shape index (κ2) is 9.72. The minimum absolute atomic E-state index is 0.0348. The molecule has 0 fully saturated rings. The van der Waals surface area contributed by atoms with E-state index in [1.54, 1.807) is 4.68 Å². The molecule has 4 aromatic rings. The Hall–Kier alpha value is -3.60. The summed E-state index contributed by atoms with van der Waals surface area (Å²) in [6.45, 7) is 2.50. The molecule has 0 saturated carbocycles. The summed E-state index contributed by atoms with van der Waals surface area (Å²) < 4.78 is 42.3. The number of benzene rings is 2. The first-order valence-corrected chi connectivity index (χ1v) is 11.4. The van der Waals surface area contributed by atoms with E-state index in [0.29, 0.717) is 17.5 Å². The zero-order valence-electron chi connectivity index (χ0n) is 18.4. The standard InChI is InChI=1S/C23H21F3N6OS/c1-3-32-21(18-13-31(2)30-20(18)15-8-5-4-6-9-15)28-29-22(32)34-14-19(33)27-17-11-7-10-16(12-17)23(24,25)26/h4-13H,3,14H2,1-2H3,(H,27,33). The topological polar surface area (TPSA) is 77.6 Å². The van der Waals surface area contributed by atoms with Crippen molar-refractivity contribution in [2.75, 3.05) is 11.1 Å². The average Bonchev–Trinajstić information content (AvgIpc) is 3.40. The molecule has 2 aromatic carbocycles. The summed E-state index contributed by atoms with van der Waals surface area (Å²) in [5.41, 5.74) is 1.78. The highest BCUT2D eigenvalue weighted by molar-refractivity contribution is 7.99. The second-order valence-electron chi connectivity index (χ2n) is 7.40. The van der Waals surface area contributed by atoms with Crippen LogP contribution in [0, 0.1) is 0 Å². The van der Waals surface area contributed by atoms with Gasteiger partial charge >= 0.3 is 6.18 Å². The molecule has 0 aliphatic rings. The van der Waals surface area contributed by atoms with Gasteiger partial charge in [-0.25, -0.2) is 0 Å². The smallest absolute Gasteiger partial charge is 0.325 e. The molecule has 0 bridgehead atoms. The van der Waals surface area contributed by atoms with Gasteiger partial charge in [-0.3, -0.25) is 9.48 Å². The van der Waals surface area contributed by atoms with Gasteiger partial charge in [0.25, 0.3) is 0 Å². The molecule has 0 aliphatic heterocycles. The number of amides is 1. The molecule has 1 N–H and O–H groups in total. The van der Waals surface area contributed by atoms with Crippen molar-refractivity contribution >= 4 is 23.4 Å². The van der Waals surface area contributed by atoms with E-state index in [-0.39, 0.29) is 11.4 Å². The molecular formula is C23H21F3N6OS. The van der Waals surface area contributed by atoms with Crippen molar-refractivity contribution in [1.82, 2.24) is 24.5 Å². The minimum atomic E-state index is -4.48. The monoisotopic (exact) mass is 486 g/mol. The van der Waals surface area contributed by atoms with E-state index in [9.17, 15) is 18.0 Å². The van der Waals surface area contributed by atoms with Crippen molar-refractivity contribution in [1.29, 1.82) is 0 Å². The average molecular weight is 487 g/mol. The lowest BCUT2D eigenvalue weighted by Crippen LogP contribution is -2.15. The van der Waals surface area contributed by atoms with Gasteiger partial charge in [0.2, 0.25) is 5.91 Å². The van der Waals surface area contributed by atoms with E-state index in [1.807, 2.05) is 55.1 Å². The summed E-state index contributed by atoms with van der Waals surface area (Å²) in [6, 6.07) is 14.3. The number of aryl methyl sites for hydroxylation is 1. The fraction of sp³-hybridized carbons (Fsp3) is 0.217. The van der Waals surface area contributed by atoms with Gasteiger partial charge in [-0.05, 0) is 25.1 Å². The highest BCUT2D eigenvalue weighted by atomic mass is 32.2. The first-order valence-electron chi connectivity index (χ1n) is 10.4. The van der Waals surface area contributed by atoms with Gasteiger partial charge < -0.3 is 9.88 Å². The van der Waals surface area contributed by atoms with Crippen LogP contribution < -0.4 is 5.32 Å². The van der Waals surface area contributed by atoms with Crippen molar-refractivity contribution in [3.05, 3.63) is 66.4 Å². The van der Waals surface area contributed by atoms with Gasteiger partial charge in [-0.15, -0.1) is 10.2 Å². The van der Waals surface area contributed by atoms with Crippen LogP contribution in [0.1, 0.15) is 12.5 Å². The molecule has 1 amide bonds. The number of thioether (sulfide) groups is 1. The van der Waals surface area contributed by atoms with Crippen molar-refractivity contribution in [2.45, 2.75) is 24.8 Å². The fourth-order valence-electron chi connectivity index (χ4n) is 3.44. The van der Waals surface area contributed by atoms with Crippen LogP contribution in [0.15, 0.2) is 66.0 Å². The van der Waals surface area contributed by atoms with Crippen LogP contribution in [0.5, 0.6) is 0 Å². The molecule has 11 heteroatoms. The maximum Gasteiger partial charge on any atom is 0.416 e. The maximum atomic E-state index is 12.9. The Kier molecular flexibility index (Phi) is 6.73. The quantitative estimate of drug-likeness (QED) is 0.367. The van der Waals surface area contributed by atoms with Gasteiger partial charge in [0.05, 0.1) is 16.9 Å². The first kappa shape index (κ1) is 23.6. The van der Waals surface area contributed by atoms with E-state index in [4.69, 9.17) is 0 Å². The Bertz CT molecular complexity index is 1300. The van der Waals surface area contributed by atoms with Crippen LogP contribution in [-0.2, 0) is 24.6 Å². The summed E-state index contributed by atoms with van der Waals surface area (Å²) in [7, 11) is 1.83. The lowest BCUT2D eigenvalue weighted by molar-refractivity contribution is -0.137. The third-order valence-corrected chi connectivity index (χ3v) is 5.92. The van der Waals surface area contributed by atoms with Crippen molar-refractivity contribution in [3.63, 3.8) is 0 Å². The number of halogens is 3. The SMILES string of the molecule is CCn1c(SCC(=O)Nc2cccc(C(F)(F)F)c2)nnc1-c1cn(C)nc1-c1ccccc1. The van der Waals surface area contributed by atoms with Crippen LogP contribution in [0.4, 0.5) is 18.9 Å². The zero-order chi connectivity index (χ0) is 24.3. The molecule has 0 unspecified atom stereocenters. The summed E-state index contributed by atoms with van der Waals surface area (Å²) >= 11 is 1.16.